The Hall–Kier alpha value is -3.50. The van der Waals surface area contributed by atoms with Crippen LogP contribution in [0.4, 0.5) is 10.7 Å². The van der Waals surface area contributed by atoms with Crippen molar-refractivity contribution in [3.8, 4) is 11.3 Å². The number of carbonyl (C=O) groups is 1. The predicted octanol–water partition coefficient (Wildman–Crippen LogP) is 8.10. The fourth-order valence-electron chi connectivity index (χ4n) is 4.81. The van der Waals surface area contributed by atoms with E-state index in [0.717, 1.165) is 24.8 Å². The van der Waals surface area contributed by atoms with E-state index in [1.807, 2.05) is 6.07 Å². The fraction of sp³-hybridized carbons (Fsp3) is 0.310. The van der Waals surface area contributed by atoms with Gasteiger partial charge in [0.1, 0.15) is 22.3 Å². The Balaban J connectivity index is 1.43. The quantitative estimate of drug-likeness (QED) is 0.129. The second-order valence-electron chi connectivity index (χ2n) is 10.6. The van der Waals surface area contributed by atoms with E-state index < -0.39 is 4.92 Å². The number of furan rings is 2. The molecule has 10 heteroatoms. The number of hydrogen-bond acceptors (Lipinski definition) is 7. The zero-order chi connectivity index (χ0) is 27.7. The molecule has 1 N–H and O–H groups in total. The van der Waals surface area contributed by atoms with Gasteiger partial charge in [-0.25, -0.2) is 4.99 Å². The first-order valence-corrected chi connectivity index (χ1v) is 14.2. The van der Waals surface area contributed by atoms with Gasteiger partial charge >= 0.3 is 0 Å². The molecule has 3 aromatic heterocycles. The highest BCUT2D eigenvalue weighted by molar-refractivity contribution is 9.10. The number of fused-ring (bicyclic) bond motifs is 1. The maximum absolute atomic E-state index is 13.4. The van der Waals surface area contributed by atoms with Gasteiger partial charge in [0.05, 0.1) is 29.5 Å². The normalized spacial score (nSPS) is 15.4. The van der Waals surface area contributed by atoms with Crippen molar-refractivity contribution in [2.24, 2.45) is 16.3 Å². The van der Waals surface area contributed by atoms with Crippen LogP contribution in [0.5, 0.6) is 0 Å². The Morgan fingerprint density at radius 1 is 1.28 bits per heavy atom. The largest absolute Gasteiger partial charge is 0.467 e. The average molecular weight is 611 g/mol. The molecule has 0 unspecified atom stereocenters. The Bertz CT molecular complexity index is 1550. The van der Waals surface area contributed by atoms with Crippen molar-refractivity contribution in [1.29, 1.82) is 0 Å². The lowest BCUT2D eigenvalue weighted by Gasteiger charge is -2.33. The van der Waals surface area contributed by atoms with Gasteiger partial charge in [-0.3, -0.25) is 14.9 Å². The average Bonchev–Trinajstić information content (AvgIpc) is 3.65. The van der Waals surface area contributed by atoms with Crippen LogP contribution >= 0.6 is 27.3 Å². The van der Waals surface area contributed by atoms with Gasteiger partial charge in [-0.15, -0.1) is 11.3 Å². The van der Waals surface area contributed by atoms with Crippen LogP contribution in [0.25, 0.3) is 11.3 Å². The molecule has 3 heterocycles. The second-order valence-corrected chi connectivity index (χ2v) is 12.6. The molecule has 0 saturated carbocycles. The van der Waals surface area contributed by atoms with E-state index in [0.29, 0.717) is 50.3 Å². The number of hydrogen-bond donors (Lipinski definition) is 1. The number of halogens is 1. The molecule has 0 radical (unpaired) electrons. The lowest BCUT2D eigenvalue weighted by molar-refractivity contribution is -0.384. The zero-order valence-corrected chi connectivity index (χ0v) is 24.2. The minimum atomic E-state index is -0.443. The molecule has 1 aliphatic carbocycles. The SMILES string of the molecule is CC(C)(C)[C@@H]1CCc2c(sc(N=Cc3ccc(-c4ccc([N+](=O)[O-])cc4Br)o3)c2C(=O)NCc2ccco2)C1. The lowest BCUT2D eigenvalue weighted by atomic mass is 9.72. The number of nitro groups is 1. The summed E-state index contributed by atoms with van der Waals surface area (Å²) in [6, 6.07) is 11.7. The molecular formula is C29H28BrN3O5S. The first kappa shape index (κ1) is 27.1. The van der Waals surface area contributed by atoms with Crippen molar-refractivity contribution in [3.63, 3.8) is 0 Å². The minimum Gasteiger partial charge on any atom is -0.467 e. The molecule has 0 saturated heterocycles. The van der Waals surface area contributed by atoms with Gasteiger partial charge in [0, 0.05) is 27.0 Å². The first-order valence-electron chi connectivity index (χ1n) is 12.6. The number of non-ortho nitro benzene ring substituents is 1. The lowest BCUT2D eigenvalue weighted by Crippen LogP contribution is -2.28. The topological polar surface area (TPSA) is 111 Å². The van der Waals surface area contributed by atoms with E-state index in [1.165, 1.54) is 17.0 Å². The van der Waals surface area contributed by atoms with Crippen molar-refractivity contribution < 1.29 is 18.6 Å². The van der Waals surface area contributed by atoms with Crippen molar-refractivity contribution in [2.75, 3.05) is 0 Å². The molecule has 8 nitrogen and oxygen atoms in total. The Labute approximate surface area is 238 Å². The first-order chi connectivity index (χ1) is 18.6. The van der Waals surface area contributed by atoms with E-state index in [2.05, 4.69) is 42.0 Å². The highest BCUT2D eigenvalue weighted by Gasteiger charge is 2.33. The van der Waals surface area contributed by atoms with Crippen molar-refractivity contribution in [2.45, 2.75) is 46.6 Å². The molecule has 0 spiro atoms. The number of amides is 1. The Kier molecular flexibility index (Phi) is 7.59. The van der Waals surface area contributed by atoms with E-state index >= 15 is 0 Å². The number of rotatable bonds is 7. The summed E-state index contributed by atoms with van der Waals surface area (Å²) in [5.41, 5.74) is 2.57. The highest BCUT2D eigenvalue weighted by atomic mass is 79.9. The second kappa shape index (κ2) is 10.9. The third kappa shape index (κ3) is 5.91. The molecule has 1 atom stereocenters. The van der Waals surface area contributed by atoms with Gasteiger partial charge in [-0.05, 0) is 82.4 Å². The number of thiophene rings is 1. The smallest absolute Gasteiger partial charge is 0.270 e. The van der Waals surface area contributed by atoms with E-state index in [-0.39, 0.29) is 17.0 Å². The van der Waals surface area contributed by atoms with Crippen LogP contribution in [-0.4, -0.2) is 17.0 Å². The summed E-state index contributed by atoms with van der Waals surface area (Å²) >= 11 is 4.96. The maximum Gasteiger partial charge on any atom is 0.270 e. The molecule has 5 rings (SSSR count). The number of aliphatic imine (C=N–C) groups is 1. The van der Waals surface area contributed by atoms with Crippen molar-refractivity contribution in [3.05, 3.63) is 90.8 Å². The Morgan fingerprint density at radius 3 is 2.79 bits per heavy atom. The van der Waals surface area contributed by atoms with Gasteiger partial charge in [-0.1, -0.05) is 20.8 Å². The van der Waals surface area contributed by atoms with Gasteiger partial charge in [0.15, 0.2) is 0 Å². The number of nitrogens with one attached hydrogen (secondary N) is 1. The predicted molar refractivity (Wildman–Crippen MR) is 155 cm³/mol. The molecular weight excluding hydrogens is 582 g/mol. The summed E-state index contributed by atoms with van der Waals surface area (Å²) in [7, 11) is 0. The van der Waals surface area contributed by atoms with Gasteiger partial charge in [-0.2, -0.15) is 0 Å². The monoisotopic (exact) mass is 609 g/mol. The van der Waals surface area contributed by atoms with Gasteiger partial charge < -0.3 is 14.2 Å². The van der Waals surface area contributed by atoms with Crippen LogP contribution in [0.3, 0.4) is 0 Å². The van der Waals surface area contributed by atoms with Crippen LogP contribution in [-0.2, 0) is 19.4 Å². The van der Waals surface area contributed by atoms with Crippen LogP contribution in [0, 0.1) is 21.4 Å². The summed E-state index contributed by atoms with van der Waals surface area (Å²) in [6.07, 6.45) is 6.00. The standard InChI is InChI=1S/C29H28BrN3O5S/c1-29(2,3)17-6-9-22-25(13-17)39-28(26(22)27(34)31-15-19-5-4-12-37-19)32-16-20-8-11-24(38-20)21-10-7-18(33(35)36)14-23(21)30/h4-5,7-8,10-12,14,16-17H,6,9,13,15H2,1-3H3,(H,31,34)/t17-/m1/s1. The Morgan fingerprint density at radius 2 is 2.10 bits per heavy atom. The van der Waals surface area contributed by atoms with Crippen LogP contribution < -0.4 is 5.32 Å². The minimum absolute atomic E-state index is 0.00724. The van der Waals surface area contributed by atoms with Crippen molar-refractivity contribution in [1.82, 2.24) is 5.32 Å². The molecule has 202 valence electrons. The van der Waals surface area contributed by atoms with Gasteiger partial charge in [0.25, 0.3) is 11.6 Å². The van der Waals surface area contributed by atoms with E-state index in [4.69, 9.17) is 13.8 Å². The zero-order valence-electron chi connectivity index (χ0n) is 21.8. The molecule has 39 heavy (non-hydrogen) atoms. The number of carbonyl (C=O) groups excluding carboxylic acids is 1. The summed E-state index contributed by atoms with van der Waals surface area (Å²) in [5.74, 6) is 2.11. The van der Waals surface area contributed by atoms with Gasteiger partial charge in [0.2, 0.25) is 0 Å². The highest BCUT2D eigenvalue weighted by Crippen LogP contribution is 2.45. The number of benzene rings is 1. The maximum atomic E-state index is 13.4. The fourth-order valence-corrected chi connectivity index (χ4v) is 6.64. The molecule has 1 aromatic carbocycles. The van der Waals surface area contributed by atoms with E-state index in [1.54, 1.807) is 48.1 Å². The van der Waals surface area contributed by atoms with Crippen LogP contribution in [0.1, 0.15) is 59.5 Å². The molecule has 0 fully saturated rings. The molecule has 0 bridgehead atoms. The molecule has 0 aliphatic heterocycles. The summed E-state index contributed by atoms with van der Waals surface area (Å²) in [5, 5.41) is 14.7. The van der Waals surface area contributed by atoms with Crippen molar-refractivity contribution >= 4 is 50.1 Å². The molecule has 1 amide bonds. The molecule has 1 aliphatic rings. The third-order valence-corrected chi connectivity index (χ3v) is 8.88. The summed E-state index contributed by atoms with van der Waals surface area (Å²) in [6.45, 7) is 7.11. The van der Waals surface area contributed by atoms with Crippen LogP contribution in [0.2, 0.25) is 0 Å². The summed E-state index contributed by atoms with van der Waals surface area (Å²) < 4.78 is 11.9. The number of nitro benzene ring substituents is 1. The number of nitrogens with zero attached hydrogens (tertiary/aromatic N) is 2. The summed E-state index contributed by atoms with van der Waals surface area (Å²) in [4.78, 5) is 29.9. The van der Waals surface area contributed by atoms with Crippen LogP contribution in [0.15, 0.2) is 67.0 Å². The van der Waals surface area contributed by atoms with E-state index in [9.17, 15) is 14.9 Å². The molecule has 4 aromatic rings. The third-order valence-electron chi connectivity index (χ3n) is 7.07.